The quantitative estimate of drug-likeness (QED) is 0.176. The highest BCUT2D eigenvalue weighted by molar-refractivity contribution is 8.18. The third kappa shape index (κ3) is 5.48. The number of amides is 2. The van der Waals surface area contributed by atoms with Gasteiger partial charge in [-0.2, -0.15) is 0 Å². The van der Waals surface area contributed by atoms with Crippen molar-refractivity contribution >= 4 is 57.9 Å². The van der Waals surface area contributed by atoms with Crippen LogP contribution in [0.25, 0.3) is 6.08 Å². The summed E-state index contributed by atoms with van der Waals surface area (Å²) in [6.45, 7) is -0.112. The van der Waals surface area contributed by atoms with Crippen LogP contribution in [-0.2, 0) is 17.9 Å². The molecule has 3 aromatic rings. The van der Waals surface area contributed by atoms with Gasteiger partial charge in [-0.15, -0.1) is 0 Å². The highest BCUT2D eigenvalue weighted by Gasteiger charge is 2.36. The van der Waals surface area contributed by atoms with Gasteiger partial charge in [0.15, 0.2) is 11.5 Å². The number of methoxy groups -OCH3 is 1. The molecule has 1 heterocycles. The zero-order valence-electron chi connectivity index (χ0n) is 18.8. The van der Waals surface area contributed by atoms with Gasteiger partial charge in [-0.25, -0.2) is 0 Å². The maximum absolute atomic E-state index is 13.0. The largest absolute Gasteiger partial charge is 0.493 e. The van der Waals surface area contributed by atoms with Crippen LogP contribution in [0, 0.1) is 10.1 Å². The van der Waals surface area contributed by atoms with E-state index in [0.29, 0.717) is 32.7 Å². The van der Waals surface area contributed by atoms with E-state index in [9.17, 15) is 19.7 Å². The van der Waals surface area contributed by atoms with Crippen molar-refractivity contribution in [3.8, 4) is 11.5 Å². The molecule has 0 atom stereocenters. The minimum atomic E-state index is -0.543. The molecule has 1 fully saturated rings. The topological polar surface area (TPSA) is 99.0 Å². The number of hydrogen-bond donors (Lipinski definition) is 0. The molecule has 184 valence electrons. The predicted molar refractivity (Wildman–Crippen MR) is 138 cm³/mol. The molecule has 1 aliphatic rings. The first-order valence-corrected chi connectivity index (χ1v) is 12.1. The van der Waals surface area contributed by atoms with Crippen LogP contribution >= 0.6 is 35.0 Å². The number of thioether (sulfide) groups is 1. The van der Waals surface area contributed by atoms with E-state index in [1.807, 2.05) is 0 Å². The van der Waals surface area contributed by atoms with Crippen LogP contribution < -0.4 is 9.47 Å². The molecular weight excluding hydrogens is 527 g/mol. The first-order valence-electron chi connectivity index (χ1n) is 10.5. The van der Waals surface area contributed by atoms with Gasteiger partial charge in [0.25, 0.3) is 16.8 Å². The van der Waals surface area contributed by atoms with E-state index >= 15 is 0 Å². The summed E-state index contributed by atoms with van der Waals surface area (Å²) in [5, 5.41) is 11.7. The Kier molecular flexibility index (Phi) is 7.83. The summed E-state index contributed by atoms with van der Waals surface area (Å²) in [6, 6.07) is 16.2. The number of carbonyl (C=O) groups excluding carboxylic acids is 2. The standard InChI is InChI=1S/C25H18Cl2N2O6S/c1-34-21-10-9-15(11-22(21)35-14-17-18(26)6-4-7-19(17)27)12-23-24(30)28(25(31)36-23)13-16-5-2-3-8-20(16)29(32)33/h2-12H,13-14H2,1H3/b23-12-. The zero-order valence-corrected chi connectivity index (χ0v) is 21.1. The second kappa shape index (κ2) is 11.0. The fourth-order valence-corrected chi connectivity index (χ4v) is 4.84. The van der Waals surface area contributed by atoms with Crippen molar-refractivity contribution in [3.05, 3.63) is 102 Å². The first-order chi connectivity index (χ1) is 17.3. The second-order valence-corrected chi connectivity index (χ2v) is 9.36. The van der Waals surface area contributed by atoms with Crippen molar-refractivity contribution < 1.29 is 24.0 Å². The van der Waals surface area contributed by atoms with Crippen molar-refractivity contribution in [2.75, 3.05) is 7.11 Å². The minimum absolute atomic E-state index is 0.0880. The fraction of sp³-hybridized carbons (Fsp3) is 0.120. The lowest BCUT2D eigenvalue weighted by Crippen LogP contribution is -2.27. The van der Waals surface area contributed by atoms with Gasteiger partial charge in [0.1, 0.15) is 6.61 Å². The number of nitrogens with zero attached hydrogens (tertiary/aromatic N) is 2. The predicted octanol–water partition coefficient (Wildman–Crippen LogP) is 6.73. The Morgan fingerprint density at radius 1 is 1.03 bits per heavy atom. The summed E-state index contributed by atoms with van der Waals surface area (Å²) < 4.78 is 11.3. The third-order valence-electron chi connectivity index (χ3n) is 5.31. The van der Waals surface area contributed by atoms with E-state index in [0.717, 1.165) is 16.7 Å². The molecule has 3 aromatic carbocycles. The molecule has 36 heavy (non-hydrogen) atoms. The van der Waals surface area contributed by atoms with Gasteiger partial charge < -0.3 is 9.47 Å². The number of para-hydroxylation sites is 1. The van der Waals surface area contributed by atoms with Crippen LogP contribution in [0.4, 0.5) is 10.5 Å². The summed E-state index contributed by atoms with van der Waals surface area (Å²) >= 11 is 13.2. The van der Waals surface area contributed by atoms with Gasteiger partial charge in [0.2, 0.25) is 0 Å². The number of rotatable bonds is 8. The van der Waals surface area contributed by atoms with E-state index < -0.39 is 16.1 Å². The number of nitro benzene ring substituents is 1. The number of imide groups is 1. The number of benzene rings is 3. The molecule has 11 heteroatoms. The molecule has 0 saturated carbocycles. The monoisotopic (exact) mass is 544 g/mol. The van der Waals surface area contributed by atoms with Crippen LogP contribution in [0.2, 0.25) is 10.0 Å². The average Bonchev–Trinajstić information content (AvgIpc) is 3.11. The number of halogens is 2. The summed E-state index contributed by atoms with van der Waals surface area (Å²) in [5.74, 6) is 0.311. The van der Waals surface area contributed by atoms with Crippen molar-refractivity contribution in [1.82, 2.24) is 4.90 Å². The van der Waals surface area contributed by atoms with Gasteiger partial charge in [0.05, 0.1) is 23.5 Å². The molecule has 0 aromatic heterocycles. The van der Waals surface area contributed by atoms with Crippen molar-refractivity contribution in [1.29, 1.82) is 0 Å². The lowest BCUT2D eigenvalue weighted by molar-refractivity contribution is -0.385. The van der Waals surface area contributed by atoms with E-state index in [1.165, 1.54) is 25.3 Å². The number of ether oxygens (including phenoxy) is 2. The Morgan fingerprint density at radius 3 is 2.44 bits per heavy atom. The molecule has 0 spiro atoms. The Hall–Kier alpha value is -3.53. The number of carbonyl (C=O) groups is 2. The molecule has 8 nitrogen and oxygen atoms in total. The molecule has 1 aliphatic heterocycles. The maximum atomic E-state index is 13.0. The third-order valence-corrected chi connectivity index (χ3v) is 6.93. The summed E-state index contributed by atoms with van der Waals surface area (Å²) in [5.41, 5.74) is 1.32. The van der Waals surface area contributed by atoms with E-state index in [2.05, 4.69) is 0 Å². The van der Waals surface area contributed by atoms with Crippen LogP contribution in [0.3, 0.4) is 0 Å². The molecular formula is C25H18Cl2N2O6S. The van der Waals surface area contributed by atoms with E-state index in [4.69, 9.17) is 32.7 Å². The summed E-state index contributed by atoms with van der Waals surface area (Å²) in [7, 11) is 1.50. The van der Waals surface area contributed by atoms with Crippen molar-refractivity contribution in [2.24, 2.45) is 0 Å². The Bertz CT molecular complexity index is 1370. The zero-order chi connectivity index (χ0) is 25.8. The highest BCUT2D eigenvalue weighted by atomic mass is 35.5. The van der Waals surface area contributed by atoms with E-state index in [1.54, 1.807) is 48.5 Å². The van der Waals surface area contributed by atoms with Crippen LogP contribution in [0.15, 0.2) is 65.6 Å². The van der Waals surface area contributed by atoms with Gasteiger partial charge in [-0.3, -0.25) is 24.6 Å². The average molecular weight is 545 g/mol. The minimum Gasteiger partial charge on any atom is -0.493 e. The lowest BCUT2D eigenvalue weighted by atomic mass is 10.1. The van der Waals surface area contributed by atoms with Crippen LogP contribution in [0.5, 0.6) is 11.5 Å². The van der Waals surface area contributed by atoms with Gasteiger partial charge >= 0.3 is 0 Å². The Balaban J connectivity index is 1.56. The van der Waals surface area contributed by atoms with Crippen LogP contribution in [0.1, 0.15) is 16.7 Å². The summed E-state index contributed by atoms with van der Waals surface area (Å²) in [4.78, 5) is 37.4. The Morgan fingerprint density at radius 2 is 1.75 bits per heavy atom. The normalized spacial score (nSPS) is 14.4. The van der Waals surface area contributed by atoms with Crippen LogP contribution in [-0.4, -0.2) is 28.1 Å². The molecule has 4 rings (SSSR count). The fourth-order valence-electron chi connectivity index (χ4n) is 3.50. The molecule has 0 N–H and O–H groups in total. The SMILES string of the molecule is COc1ccc(/C=C2\SC(=O)N(Cc3ccccc3[N+](=O)[O-])C2=O)cc1OCc1c(Cl)cccc1Cl. The number of hydrogen-bond acceptors (Lipinski definition) is 7. The molecule has 0 radical (unpaired) electrons. The maximum Gasteiger partial charge on any atom is 0.293 e. The highest BCUT2D eigenvalue weighted by Crippen LogP contribution is 2.36. The van der Waals surface area contributed by atoms with Gasteiger partial charge in [-0.1, -0.05) is 53.5 Å². The molecule has 0 bridgehead atoms. The number of nitro groups is 1. The summed E-state index contributed by atoms with van der Waals surface area (Å²) in [6.07, 6.45) is 1.55. The molecule has 2 amide bonds. The van der Waals surface area contributed by atoms with Gasteiger partial charge in [0, 0.05) is 27.2 Å². The molecule has 0 unspecified atom stereocenters. The smallest absolute Gasteiger partial charge is 0.293 e. The molecule has 1 saturated heterocycles. The second-order valence-electron chi connectivity index (χ2n) is 7.55. The Labute approximate surface area is 220 Å². The molecule has 0 aliphatic carbocycles. The first kappa shape index (κ1) is 25.6. The van der Waals surface area contributed by atoms with Crippen molar-refractivity contribution in [3.63, 3.8) is 0 Å². The van der Waals surface area contributed by atoms with Gasteiger partial charge in [-0.05, 0) is 47.7 Å². The van der Waals surface area contributed by atoms with Crippen molar-refractivity contribution in [2.45, 2.75) is 13.2 Å². The van der Waals surface area contributed by atoms with E-state index in [-0.39, 0.29) is 29.3 Å². The lowest BCUT2D eigenvalue weighted by Gasteiger charge is -2.13.